The summed E-state index contributed by atoms with van der Waals surface area (Å²) in [6.45, 7) is 9.15. The third-order valence-electron chi connectivity index (χ3n) is 3.42. The molecule has 0 N–H and O–H groups in total. The van der Waals surface area contributed by atoms with Crippen LogP contribution < -0.4 is 0 Å². The van der Waals surface area contributed by atoms with Crippen molar-refractivity contribution in [3.8, 4) is 0 Å². The summed E-state index contributed by atoms with van der Waals surface area (Å²) >= 11 is 7.63. The molecule has 0 aromatic carbocycles. The van der Waals surface area contributed by atoms with E-state index in [4.69, 9.17) is 11.6 Å². The molecule has 0 aliphatic rings. The second-order valence-electron chi connectivity index (χ2n) is 4.98. The van der Waals surface area contributed by atoms with E-state index >= 15 is 0 Å². The number of thiazole rings is 1. The maximum absolute atomic E-state index is 5.87. The van der Waals surface area contributed by atoms with Crippen molar-refractivity contribution in [1.82, 2.24) is 9.88 Å². The molecule has 0 radical (unpaired) electrons. The Bertz CT molecular complexity index is 333. The van der Waals surface area contributed by atoms with Crippen molar-refractivity contribution in [2.45, 2.75) is 64.8 Å². The summed E-state index contributed by atoms with van der Waals surface area (Å²) in [5, 5.41) is 3.34. The van der Waals surface area contributed by atoms with E-state index in [0.717, 1.165) is 12.1 Å². The lowest BCUT2D eigenvalue weighted by Crippen LogP contribution is -2.30. The maximum atomic E-state index is 5.87. The van der Waals surface area contributed by atoms with E-state index in [0.29, 0.717) is 11.9 Å². The van der Waals surface area contributed by atoms with Gasteiger partial charge < -0.3 is 0 Å². The molecule has 4 heteroatoms. The Morgan fingerprint density at radius 3 is 2.26 bits per heavy atom. The highest BCUT2D eigenvalue weighted by Gasteiger charge is 2.20. The lowest BCUT2D eigenvalue weighted by molar-refractivity contribution is 0.186. The van der Waals surface area contributed by atoms with Crippen LogP contribution in [0.4, 0.5) is 0 Å². The maximum Gasteiger partial charge on any atom is 0.110 e. The zero-order chi connectivity index (χ0) is 14.1. The highest BCUT2D eigenvalue weighted by atomic mass is 35.5. The number of unbranched alkanes of at least 4 members (excludes halogenated alkanes) is 2. The van der Waals surface area contributed by atoms with Gasteiger partial charge in [0.1, 0.15) is 5.01 Å². The Balaban J connectivity index is 2.75. The van der Waals surface area contributed by atoms with Crippen molar-refractivity contribution in [2.24, 2.45) is 0 Å². The number of alkyl halides is 1. The van der Waals surface area contributed by atoms with E-state index in [1.807, 2.05) is 0 Å². The van der Waals surface area contributed by atoms with Crippen LogP contribution in [0.1, 0.15) is 69.6 Å². The second-order valence-corrected chi connectivity index (χ2v) is 6.13. The van der Waals surface area contributed by atoms with Gasteiger partial charge >= 0.3 is 0 Å². The average molecular weight is 303 g/mol. The second kappa shape index (κ2) is 9.73. The molecule has 0 saturated carbocycles. The predicted octanol–water partition coefficient (Wildman–Crippen LogP) is 5.24. The number of hydrogen-bond donors (Lipinski definition) is 0. The van der Waals surface area contributed by atoms with Crippen LogP contribution in [0.2, 0.25) is 0 Å². The zero-order valence-electron chi connectivity index (χ0n) is 12.5. The summed E-state index contributed by atoms with van der Waals surface area (Å²) in [7, 11) is 0. The molecule has 0 fully saturated rings. The van der Waals surface area contributed by atoms with E-state index in [-0.39, 0.29) is 0 Å². The first kappa shape index (κ1) is 16.9. The van der Waals surface area contributed by atoms with Gasteiger partial charge in [0.05, 0.1) is 17.6 Å². The van der Waals surface area contributed by atoms with Crippen LogP contribution in [0.15, 0.2) is 5.38 Å². The van der Waals surface area contributed by atoms with Crippen molar-refractivity contribution in [3.05, 3.63) is 16.1 Å². The van der Waals surface area contributed by atoms with Crippen LogP contribution in [0.25, 0.3) is 0 Å². The van der Waals surface area contributed by atoms with Gasteiger partial charge in [0.25, 0.3) is 0 Å². The van der Waals surface area contributed by atoms with Gasteiger partial charge in [-0.15, -0.1) is 22.9 Å². The number of aromatic nitrogens is 1. The molecule has 0 aliphatic heterocycles. The van der Waals surface area contributed by atoms with Crippen LogP contribution in [0, 0.1) is 0 Å². The van der Waals surface area contributed by atoms with Crippen molar-refractivity contribution in [3.63, 3.8) is 0 Å². The molecule has 0 amide bonds. The zero-order valence-corrected chi connectivity index (χ0v) is 14.1. The minimum absolute atomic E-state index is 0.472. The van der Waals surface area contributed by atoms with Gasteiger partial charge in [-0.25, -0.2) is 4.98 Å². The highest BCUT2D eigenvalue weighted by molar-refractivity contribution is 7.09. The Labute approximate surface area is 127 Å². The Morgan fingerprint density at radius 1 is 1.21 bits per heavy atom. The Hall–Kier alpha value is -0.120. The van der Waals surface area contributed by atoms with Gasteiger partial charge in [-0.3, -0.25) is 4.90 Å². The molecule has 0 saturated heterocycles. The van der Waals surface area contributed by atoms with E-state index in [1.165, 1.54) is 43.8 Å². The third-order valence-corrected chi connectivity index (χ3v) is 4.69. The molecule has 0 aliphatic carbocycles. The van der Waals surface area contributed by atoms with Crippen LogP contribution >= 0.6 is 22.9 Å². The standard InChI is InChI=1S/C15H27ClN2S/c1-4-7-9-18(10-8-5-2)14(6-3)15-17-13(11-16)12-19-15/h12,14H,4-11H2,1-3H3. The minimum Gasteiger partial charge on any atom is -0.294 e. The fourth-order valence-electron chi connectivity index (χ4n) is 2.27. The molecule has 0 bridgehead atoms. The molecule has 1 heterocycles. The summed E-state index contributed by atoms with van der Waals surface area (Å²) in [4.78, 5) is 7.30. The Kier molecular flexibility index (Phi) is 8.67. The fraction of sp³-hybridized carbons (Fsp3) is 0.800. The van der Waals surface area contributed by atoms with E-state index in [2.05, 4.69) is 36.0 Å². The van der Waals surface area contributed by atoms with Gasteiger partial charge in [-0.2, -0.15) is 0 Å². The largest absolute Gasteiger partial charge is 0.294 e. The van der Waals surface area contributed by atoms with Crippen LogP contribution in [-0.2, 0) is 5.88 Å². The van der Waals surface area contributed by atoms with E-state index in [9.17, 15) is 0 Å². The van der Waals surface area contributed by atoms with Crippen molar-refractivity contribution in [1.29, 1.82) is 0 Å². The normalized spacial score (nSPS) is 13.1. The lowest BCUT2D eigenvalue weighted by atomic mass is 10.1. The smallest absolute Gasteiger partial charge is 0.110 e. The molecule has 19 heavy (non-hydrogen) atoms. The van der Waals surface area contributed by atoms with Crippen LogP contribution in [0.3, 0.4) is 0 Å². The number of rotatable bonds is 10. The minimum atomic E-state index is 0.472. The summed E-state index contributed by atoms with van der Waals surface area (Å²) < 4.78 is 0. The molecule has 110 valence electrons. The fourth-order valence-corrected chi connectivity index (χ4v) is 3.54. The van der Waals surface area contributed by atoms with Crippen molar-refractivity contribution < 1.29 is 0 Å². The molecule has 0 spiro atoms. The first-order valence-electron chi connectivity index (χ1n) is 7.51. The first-order chi connectivity index (χ1) is 9.26. The molecule has 1 aromatic rings. The van der Waals surface area contributed by atoms with Crippen LogP contribution in [-0.4, -0.2) is 23.0 Å². The molecule has 2 nitrogen and oxygen atoms in total. The lowest BCUT2D eigenvalue weighted by Gasteiger charge is -2.29. The molecular weight excluding hydrogens is 276 g/mol. The SMILES string of the molecule is CCCCN(CCCC)C(CC)c1nc(CCl)cs1. The average Bonchev–Trinajstić information content (AvgIpc) is 2.90. The molecule has 1 atom stereocenters. The number of halogens is 1. The van der Waals surface area contributed by atoms with Gasteiger partial charge in [-0.1, -0.05) is 33.6 Å². The summed E-state index contributed by atoms with van der Waals surface area (Å²) in [6.07, 6.45) is 6.18. The predicted molar refractivity (Wildman–Crippen MR) is 86.1 cm³/mol. The van der Waals surface area contributed by atoms with E-state index < -0.39 is 0 Å². The van der Waals surface area contributed by atoms with Gasteiger partial charge in [-0.05, 0) is 32.4 Å². The molecule has 1 unspecified atom stereocenters. The summed E-state index contributed by atoms with van der Waals surface area (Å²) in [5.74, 6) is 0.525. The summed E-state index contributed by atoms with van der Waals surface area (Å²) in [5.41, 5.74) is 1.02. The van der Waals surface area contributed by atoms with Crippen molar-refractivity contribution in [2.75, 3.05) is 13.1 Å². The van der Waals surface area contributed by atoms with Gasteiger partial charge in [0.15, 0.2) is 0 Å². The molecule has 1 rings (SSSR count). The first-order valence-corrected chi connectivity index (χ1v) is 8.92. The van der Waals surface area contributed by atoms with Gasteiger partial charge in [0.2, 0.25) is 0 Å². The monoisotopic (exact) mass is 302 g/mol. The molecular formula is C15H27ClN2S. The third kappa shape index (κ3) is 5.41. The van der Waals surface area contributed by atoms with Crippen LogP contribution in [0.5, 0.6) is 0 Å². The quantitative estimate of drug-likeness (QED) is 0.550. The highest BCUT2D eigenvalue weighted by Crippen LogP contribution is 2.28. The summed E-state index contributed by atoms with van der Waals surface area (Å²) in [6, 6.07) is 0.472. The van der Waals surface area contributed by atoms with Crippen molar-refractivity contribution >= 4 is 22.9 Å². The van der Waals surface area contributed by atoms with E-state index in [1.54, 1.807) is 11.3 Å². The molecule has 1 aromatic heterocycles. The number of nitrogens with zero attached hydrogens (tertiary/aromatic N) is 2. The number of hydrogen-bond acceptors (Lipinski definition) is 3. The van der Waals surface area contributed by atoms with Gasteiger partial charge in [0, 0.05) is 5.38 Å². The Morgan fingerprint density at radius 2 is 1.84 bits per heavy atom. The topological polar surface area (TPSA) is 16.1 Å².